The van der Waals surface area contributed by atoms with Gasteiger partial charge < -0.3 is 25.5 Å². The highest BCUT2D eigenvalue weighted by molar-refractivity contribution is 5.90. The fraction of sp³-hybridized carbons (Fsp3) is 0.429. The Morgan fingerprint density at radius 3 is 2.50 bits per heavy atom. The van der Waals surface area contributed by atoms with Crippen molar-refractivity contribution in [2.24, 2.45) is 16.1 Å². The highest BCUT2D eigenvalue weighted by Gasteiger charge is 2.35. The number of allylic oxidation sites excluding steroid dienone is 2. The summed E-state index contributed by atoms with van der Waals surface area (Å²) in [6, 6.07) is 3.09. The number of hydrogen-bond acceptors (Lipinski definition) is 6. The Kier molecular flexibility index (Phi) is 9.99. The molecule has 12 heteroatoms. The molecule has 0 atom stereocenters. The molecule has 4 N–H and O–H groups in total. The highest BCUT2D eigenvalue weighted by atomic mass is 19.4. The summed E-state index contributed by atoms with van der Waals surface area (Å²) in [6.45, 7) is 8.96. The van der Waals surface area contributed by atoms with Crippen molar-refractivity contribution >= 4 is 22.7 Å². The summed E-state index contributed by atoms with van der Waals surface area (Å²) < 4.78 is 79.7. The van der Waals surface area contributed by atoms with Crippen molar-refractivity contribution in [1.82, 2.24) is 9.97 Å². The molecule has 40 heavy (non-hydrogen) atoms. The first-order valence-electron chi connectivity index (χ1n) is 12.9. The molecule has 0 saturated heterocycles. The smallest absolute Gasteiger partial charge is 0.418 e. The van der Waals surface area contributed by atoms with Crippen molar-refractivity contribution in [2.45, 2.75) is 59.6 Å². The van der Waals surface area contributed by atoms with E-state index in [4.69, 9.17) is 15.2 Å². The molecule has 1 aliphatic rings. The molecular formula is C28H34F5N5O2. The Morgan fingerprint density at radius 1 is 1.23 bits per heavy atom. The van der Waals surface area contributed by atoms with E-state index in [1.54, 1.807) is 0 Å². The Labute approximate surface area is 229 Å². The molecule has 0 spiro atoms. The van der Waals surface area contributed by atoms with Crippen molar-refractivity contribution in [3.05, 3.63) is 59.6 Å². The van der Waals surface area contributed by atoms with Gasteiger partial charge in [-0.3, -0.25) is 0 Å². The minimum absolute atomic E-state index is 0.0123. The number of ether oxygens (including phenoxy) is 2. The van der Waals surface area contributed by atoms with Crippen LogP contribution in [0.2, 0.25) is 0 Å². The maximum Gasteiger partial charge on any atom is 0.418 e. The predicted molar refractivity (Wildman–Crippen MR) is 145 cm³/mol. The fourth-order valence-electron chi connectivity index (χ4n) is 3.74. The lowest BCUT2D eigenvalue weighted by Gasteiger charge is -2.28. The largest absolute Gasteiger partial charge is 0.464 e. The van der Waals surface area contributed by atoms with Gasteiger partial charge in [-0.25, -0.2) is 18.8 Å². The first-order chi connectivity index (χ1) is 18.8. The number of fused-ring (bicyclic) bond motifs is 1. The van der Waals surface area contributed by atoms with E-state index < -0.39 is 34.5 Å². The highest BCUT2D eigenvalue weighted by Crippen LogP contribution is 2.41. The van der Waals surface area contributed by atoms with E-state index in [-0.39, 0.29) is 28.5 Å². The van der Waals surface area contributed by atoms with Crippen molar-refractivity contribution in [3.8, 4) is 11.5 Å². The molecule has 3 aromatic rings. The number of aromatic nitrogens is 2. The molecule has 0 radical (unpaired) electrons. The number of amidine groups is 1. The van der Waals surface area contributed by atoms with E-state index in [0.717, 1.165) is 36.5 Å². The third-order valence-electron chi connectivity index (χ3n) is 5.99. The number of halogens is 5. The van der Waals surface area contributed by atoms with Gasteiger partial charge in [0.15, 0.2) is 17.4 Å². The molecule has 1 aliphatic heterocycles. The molecule has 1 aromatic carbocycles. The van der Waals surface area contributed by atoms with E-state index in [1.807, 2.05) is 26.8 Å². The van der Waals surface area contributed by atoms with E-state index >= 15 is 0 Å². The number of aromatic amines is 1. The number of H-pyrrole nitrogens is 1. The van der Waals surface area contributed by atoms with Crippen LogP contribution in [0.5, 0.6) is 11.5 Å². The zero-order valence-electron chi connectivity index (χ0n) is 22.9. The number of nitrogens with zero attached hydrogens (tertiary/aromatic N) is 2. The summed E-state index contributed by atoms with van der Waals surface area (Å²) >= 11 is 0. The molecule has 3 heterocycles. The number of anilines is 1. The molecule has 218 valence electrons. The maximum absolute atomic E-state index is 14.6. The molecule has 0 fully saturated rings. The standard InChI is InChI=1S/C20H17F5N4O2.C8H17N/c1-19(2)8-28-18(30-9-19)29-10-5-12(21)16(13(22)6-10)31-14-3-4-26-17-15(14)11(7-27-17)20(23,24)25;1-3-5-6-7-8(9)4-2/h3-7H,8-9H2,1-2H3,(H,26,27)(H,28,29);4H,3,5-7,9H2,1-2H3. The molecule has 7 nitrogen and oxygen atoms in total. The number of rotatable bonds is 7. The van der Waals surface area contributed by atoms with Crippen LogP contribution in [0.15, 0.2) is 47.4 Å². The summed E-state index contributed by atoms with van der Waals surface area (Å²) in [5.74, 6) is -3.47. The average Bonchev–Trinajstić information content (AvgIpc) is 3.34. The molecule has 0 saturated carbocycles. The van der Waals surface area contributed by atoms with Gasteiger partial charge in [0.05, 0.1) is 24.1 Å². The van der Waals surface area contributed by atoms with E-state index in [0.29, 0.717) is 13.2 Å². The second-order valence-corrected chi connectivity index (χ2v) is 10.1. The van der Waals surface area contributed by atoms with E-state index in [2.05, 4.69) is 27.2 Å². The zero-order valence-corrected chi connectivity index (χ0v) is 22.9. The summed E-state index contributed by atoms with van der Waals surface area (Å²) in [5.41, 5.74) is 5.29. The van der Waals surface area contributed by atoms with Crippen LogP contribution in [0.25, 0.3) is 11.0 Å². The van der Waals surface area contributed by atoms with Gasteiger partial charge in [0.25, 0.3) is 6.02 Å². The van der Waals surface area contributed by atoms with Crippen LogP contribution in [0.4, 0.5) is 27.6 Å². The van der Waals surface area contributed by atoms with Crippen LogP contribution in [0.1, 0.15) is 58.9 Å². The minimum atomic E-state index is -4.71. The lowest BCUT2D eigenvalue weighted by Crippen LogP contribution is -2.33. The second-order valence-electron chi connectivity index (χ2n) is 10.1. The number of nitrogens with one attached hydrogen (secondary N) is 2. The fourth-order valence-corrected chi connectivity index (χ4v) is 3.74. The van der Waals surface area contributed by atoms with Gasteiger partial charge in [-0.2, -0.15) is 13.2 Å². The first-order valence-corrected chi connectivity index (χ1v) is 12.9. The molecule has 2 aromatic heterocycles. The molecule has 0 aliphatic carbocycles. The number of alkyl halides is 3. The summed E-state index contributed by atoms with van der Waals surface area (Å²) in [7, 11) is 0. The van der Waals surface area contributed by atoms with Crippen molar-refractivity contribution < 1.29 is 31.4 Å². The Hall–Kier alpha value is -3.83. The third-order valence-corrected chi connectivity index (χ3v) is 5.99. The lowest BCUT2D eigenvalue weighted by molar-refractivity contribution is -0.136. The maximum atomic E-state index is 14.6. The van der Waals surface area contributed by atoms with Crippen LogP contribution < -0.4 is 15.8 Å². The van der Waals surface area contributed by atoms with Crippen molar-refractivity contribution in [3.63, 3.8) is 0 Å². The predicted octanol–water partition coefficient (Wildman–Crippen LogP) is 7.91. The second kappa shape index (κ2) is 13.0. The number of hydrogen-bond donors (Lipinski definition) is 3. The van der Waals surface area contributed by atoms with Crippen LogP contribution in [-0.2, 0) is 10.9 Å². The van der Waals surface area contributed by atoms with Gasteiger partial charge in [-0.15, -0.1) is 0 Å². The van der Waals surface area contributed by atoms with Gasteiger partial charge >= 0.3 is 6.18 Å². The number of benzene rings is 1. The summed E-state index contributed by atoms with van der Waals surface area (Å²) in [4.78, 5) is 10.3. The molecule has 4 rings (SSSR count). The van der Waals surface area contributed by atoms with E-state index in [9.17, 15) is 22.0 Å². The Morgan fingerprint density at radius 2 is 1.93 bits per heavy atom. The van der Waals surface area contributed by atoms with Crippen LogP contribution in [-0.4, -0.2) is 29.1 Å². The normalized spacial score (nSPS) is 15.1. The number of nitrogens with two attached hydrogens (primary N) is 1. The summed E-state index contributed by atoms with van der Waals surface area (Å²) in [5, 5.41) is 2.25. The minimum Gasteiger partial charge on any atom is -0.464 e. The third kappa shape index (κ3) is 8.09. The van der Waals surface area contributed by atoms with Crippen molar-refractivity contribution in [1.29, 1.82) is 0 Å². The quantitative estimate of drug-likeness (QED) is 0.199. The Bertz CT molecular complexity index is 1340. The summed E-state index contributed by atoms with van der Waals surface area (Å²) in [6.07, 6.45) is 4.05. The van der Waals surface area contributed by atoms with Crippen LogP contribution in [0.3, 0.4) is 0 Å². The number of aliphatic imine (C=N–C) groups is 1. The van der Waals surface area contributed by atoms with Crippen molar-refractivity contribution in [2.75, 3.05) is 18.5 Å². The van der Waals surface area contributed by atoms with Gasteiger partial charge in [-0.1, -0.05) is 39.7 Å². The monoisotopic (exact) mass is 567 g/mol. The topological polar surface area (TPSA) is 97.5 Å². The number of unbranched alkanes of at least 4 members (excludes halogenated alkanes) is 2. The van der Waals surface area contributed by atoms with Gasteiger partial charge in [0, 0.05) is 41.3 Å². The molecule has 0 bridgehead atoms. The molecular weight excluding hydrogens is 533 g/mol. The number of pyridine rings is 1. The van der Waals surface area contributed by atoms with Gasteiger partial charge in [-0.05, 0) is 25.8 Å². The van der Waals surface area contributed by atoms with Gasteiger partial charge in [0.1, 0.15) is 11.4 Å². The average molecular weight is 568 g/mol. The zero-order chi connectivity index (χ0) is 29.5. The van der Waals surface area contributed by atoms with E-state index in [1.165, 1.54) is 25.5 Å². The SMILES string of the molecule is CC1(C)CN=C(Nc2cc(F)c(Oc3ccnc4[nH]cc(C(F)(F)F)c34)c(F)c2)OC1.CC=C(N)CCCCC. The molecule has 0 unspecified atom stereocenters. The van der Waals surface area contributed by atoms with Crippen LogP contribution in [0, 0.1) is 17.0 Å². The molecule has 0 amide bonds. The lowest BCUT2D eigenvalue weighted by atomic mass is 9.95. The first kappa shape index (κ1) is 30.7. The Balaban J connectivity index is 0.000000424. The van der Waals surface area contributed by atoms with Gasteiger partial charge in [0.2, 0.25) is 0 Å². The van der Waals surface area contributed by atoms with Crippen LogP contribution >= 0.6 is 0 Å².